The second kappa shape index (κ2) is 8.70. The average Bonchev–Trinajstić information content (AvgIpc) is 3.26. The molecule has 3 atom stereocenters. The van der Waals surface area contributed by atoms with Gasteiger partial charge in [0.15, 0.2) is 11.5 Å². The van der Waals surface area contributed by atoms with Gasteiger partial charge in [-0.15, -0.1) is 0 Å². The largest absolute Gasteiger partial charge is 0.504 e. The number of carbonyl (C=O) groups excluding carboxylic acids is 1. The summed E-state index contributed by atoms with van der Waals surface area (Å²) in [6, 6.07) is 8.83. The molecular formula is C23H30N2O5. The quantitative estimate of drug-likeness (QED) is 0.673. The van der Waals surface area contributed by atoms with Crippen LogP contribution in [-0.4, -0.2) is 46.8 Å². The molecule has 2 aromatic rings. The molecule has 1 aromatic heterocycles. The predicted molar refractivity (Wildman–Crippen MR) is 111 cm³/mol. The van der Waals surface area contributed by atoms with Crippen molar-refractivity contribution in [2.45, 2.75) is 50.3 Å². The molecule has 0 bridgehead atoms. The zero-order valence-electron chi connectivity index (χ0n) is 17.3. The summed E-state index contributed by atoms with van der Waals surface area (Å²) < 4.78 is 10.6. The lowest BCUT2D eigenvalue weighted by Crippen LogP contribution is -2.56. The number of rotatable bonds is 6. The Kier molecular flexibility index (Phi) is 6.01. The van der Waals surface area contributed by atoms with Gasteiger partial charge in [0, 0.05) is 18.5 Å². The molecule has 3 N–H and O–H groups in total. The summed E-state index contributed by atoms with van der Waals surface area (Å²) in [4.78, 5) is 14.8. The first-order valence-corrected chi connectivity index (χ1v) is 10.6. The molecule has 1 amide bonds. The molecule has 0 radical (unpaired) electrons. The molecule has 162 valence electrons. The van der Waals surface area contributed by atoms with Gasteiger partial charge < -0.3 is 24.7 Å². The highest BCUT2D eigenvalue weighted by Gasteiger charge is 2.49. The Hall–Kier alpha value is -2.51. The zero-order valence-corrected chi connectivity index (χ0v) is 17.3. The van der Waals surface area contributed by atoms with Gasteiger partial charge in [0.05, 0.1) is 32.1 Å². The number of carbonyl (C=O) groups is 1. The summed E-state index contributed by atoms with van der Waals surface area (Å²) in [5, 5.41) is 24.3. The van der Waals surface area contributed by atoms with E-state index < -0.39 is 5.60 Å². The summed E-state index contributed by atoms with van der Waals surface area (Å²) in [7, 11) is 1.52. The van der Waals surface area contributed by atoms with E-state index in [4.69, 9.17) is 9.15 Å². The van der Waals surface area contributed by atoms with Gasteiger partial charge in [-0.05, 0) is 49.1 Å². The number of benzene rings is 1. The highest BCUT2D eigenvalue weighted by molar-refractivity contribution is 5.78. The number of phenols is 1. The van der Waals surface area contributed by atoms with E-state index in [1.807, 2.05) is 18.2 Å². The number of fused-ring (bicyclic) bond motifs is 1. The molecule has 7 heteroatoms. The van der Waals surface area contributed by atoms with Gasteiger partial charge in [-0.1, -0.05) is 18.9 Å². The van der Waals surface area contributed by atoms with E-state index in [2.05, 4.69) is 10.2 Å². The van der Waals surface area contributed by atoms with Crippen LogP contribution in [0.5, 0.6) is 11.5 Å². The maximum Gasteiger partial charge on any atom is 0.234 e. The lowest BCUT2D eigenvalue weighted by atomic mass is 9.66. The first-order valence-electron chi connectivity index (χ1n) is 10.6. The third-order valence-electron chi connectivity index (χ3n) is 6.60. The van der Waals surface area contributed by atoms with E-state index in [0.29, 0.717) is 31.0 Å². The average molecular weight is 415 g/mol. The van der Waals surface area contributed by atoms with Crippen molar-refractivity contribution in [1.82, 2.24) is 10.2 Å². The van der Waals surface area contributed by atoms with Crippen molar-refractivity contribution in [2.24, 2.45) is 5.92 Å². The molecule has 30 heavy (non-hydrogen) atoms. The number of furan rings is 1. The minimum atomic E-state index is -0.713. The first kappa shape index (κ1) is 20.8. The number of nitrogens with one attached hydrogen (secondary N) is 1. The number of piperidine rings is 1. The summed E-state index contributed by atoms with van der Waals surface area (Å²) in [6.45, 7) is 1.22. The van der Waals surface area contributed by atoms with Crippen LogP contribution in [0.3, 0.4) is 0 Å². The predicted octanol–water partition coefficient (Wildman–Crippen LogP) is 2.98. The van der Waals surface area contributed by atoms with E-state index in [-0.39, 0.29) is 30.2 Å². The third-order valence-corrected chi connectivity index (χ3v) is 6.60. The number of phenolic OH excluding ortho intramolecular Hbond substituents is 1. The molecule has 2 fully saturated rings. The standard InChI is InChI=1S/C23H30N2O5/c1-29-20-13-16(7-8-19(20)26)22-18-6-2-3-9-23(18,28)10-11-25(22)15-21(27)24-14-17-5-4-12-30-17/h4-5,7-8,12-13,18,22,26,28H,2-3,6,9-11,14-15H2,1H3,(H,24,27)/t18?,22-,23?/m0/s1. The fourth-order valence-electron chi connectivity index (χ4n) is 5.08. The normalized spacial score (nSPS) is 26.7. The lowest BCUT2D eigenvalue weighted by Gasteiger charge is -2.52. The van der Waals surface area contributed by atoms with Crippen LogP contribution in [0.2, 0.25) is 0 Å². The zero-order chi connectivity index (χ0) is 21.1. The number of aromatic hydroxyl groups is 1. The molecule has 1 aromatic carbocycles. The highest BCUT2D eigenvalue weighted by Crippen LogP contribution is 2.49. The molecule has 1 aliphatic heterocycles. The number of hydrogen-bond acceptors (Lipinski definition) is 6. The Labute approximate surface area is 176 Å². The van der Waals surface area contributed by atoms with Crippen molar-refractivity contribution in [3.8, 4) is 11.5 Å². The summed E-state index contributed by atoms with van der Waals surface area (Å²) in [6.07, 6.45) is 6.05. The summed E-state index contributed by atoms with van der Waals surface area (Å²) in [5.41, 5.74) is 0.239. The molecule has 2 aliphatic rings. The van der Waals surface area contributed by atoms with Gasteiger partial charge in [0.2, 0.25) is 5.91 Å². The number of amides is 1. The lowest BCUT2D eigenvalue weighted by molar-refractivity contribution is -0.138. The van der Waals surface area contributed by atoms with E-state index in [1.165, 1.54) is 7.11 Å². The Morgan fingerprint density at radius 2 is 2.20 bits per heavy atom. The van der Waals surface area contributed by atoms with Crippen molar-refractivity contribution in [3.63, 3.8) is 0 Å². The van der Waals surface area contributed by atoms with E-state index in [0.717, 1.165) is 31.2 Å². The Bertz CT molecular complexity index is 868. The van der Waals surface area contributed by atoms with Crippen LogP contribution in [-0.2, 0) is 11.3 Å². The summed E-state index contributed by atoms with van der Waals surface area (Å²) in [5.74, 6) is 1.15. The van der Waals surface area contributed by atoms with Crippen LogP contribution < -0.4 is 10.1 Å². The third kappa shape index (κ3) is 4.18. The molecular weight excluding hydrogens is 384 g/mol. The van der Waals surface area contributed by atoms with Gasteiger partial charge in [-0.2, -0.15) is 0 Å². The monoisotopic (exact) mass is 414 g/mol. The smallest absolute Gasteiger partial charge is 0.234 e. The molecule has 4 rings (SSSR count). The maximum atomic E-state index is 12.7. The van der Waals surface area contributed by atoms with E-state index in [1.54, 1.807) is 18.4 Å². The van der Waals surface area contributed by atoms with Gasteiger partial charge >= 0.3 is 0 Å². The minimum Gasteiger partial charge on any atom is -0.504 e. The maximum absolute atomic E-state index is 12.7. The molecule has 2 heterocycles. The number of hydrogen-bond donors (Lipinski definition) is 3. The van der Waals surface area contributed by atoms with Gasteiger partial charge in [-0.3, -0.25) is 9.69 Å². The molecule has 0 spiro atoms. The molecule has 2 unspecified atom stereocenters. The number of methoxy groups -OCH3 is 1. The van der Waals surface area contributed by atoms with E-state index in [9.17, 15) is 15.0 Å². The van der Waals surface area contributed by atoms with Crippen LogP contribution in [0.15, 0.2) is 41.0 Å². The van der Waals surface area contributed by atoms with Gasteiger partial charge in [-0.25, -0.2) is 0 Å². The van der Waals surface area contributed by atoms with Crippen molar-refractivity contribution in [1.29, 1.82) is 0 Å². The number of aliphatic hydroxyl groups is 1. The number of ether oxygens (including phenoxy) is 1. The van der Waals surface area contributed by atoms with Crippen molar-refractivity contribution < 1.29 is 24.2 Å². The van der Waals surface area contributed by atoms with Gasteiger partial charge in [0.25, 0.3) is 0 Å². The molecule has 7 nitrogen and oxygen atoms in total. The molecule has 1 saturated heterocycles. The number of nitrogens with zero attached hydrogens (tertiary/aromatic N) is 1. The number of likely N-dealkylation sites (tertiary alicyclic amines) is 1. The Morgan fingerprint density at radius 3 is 2.97 bits per heavy atom. The summed E-state index contributed by atoms with van der Waals surface area (Å²) >= 11 is 0. The Balaban J connectivity index is 1.57. The highest BCUT2D eigenvalue weighted by atomic mass is 16.5. The van der Waals surface area contributed by atoms with Crippen LogP contribution in [0, 0.1) is 5.92 Å². The molecule has 1 saturated carbocycles. The Morgan fingerprint density at radius 1 is 1.33 bits per heavy atom. The van der Waals surface area contributed by atoms with Crippen LogP contribution >= 0.6 is 0 Å². The SMILES string of the molecule is COc1cc([C@H]2C3CCCCC3(O)CCN2CC(=O)NCc2ccco2)ccc1O. The van der Waals surface area contributed by atoms with Crippen molar-refractivity contribution >= 4 is 5.91 Å². The topological polar surface area (TPSA) is 95.2 Å². The van der Waals surface area contributed by atoms with Gasteiger partial charge in [0.1, 0.15) is 5.76 Å². The van der Waals surface area contributed by atoms with Crippen LogP contribution in [0.25, 0.3) is 0 Å². The van der Waals surface area contributed by atoms with Crippen LogP contribution in [0.1, 0.15) is 49.5 Å². The second-order valence-electron chi connectivity index (χ2n) is 8.41. The second-order valence-corrected chi connectivity index (χ2v) is 8.41. The van der Waals surface area contributed by atoms with E-state index >= 15 is 0 Å². The fourth-order valence-corrected chi connectivity index (χ4v) is 5.08. The first-order chi connectivity index (χ1) is 14.5. The molecule has 1 aliphatic carbocycles. The van der Waals surface area contributed by atoms with Crippen molar-refractivity contribution in [2.75, 3.05) is 20.2 Å². The van der Waals surface area contributed by atoms with Crippen molar-refractivity contribution in [3.05, 3.63) is 47.9 Å². The fraction of sp³-hybridized carbons (Fsp3) is 0.522. The van der Waals surface area contributed by atoms with Crippen LogP contribution in [0.4, 0.5) is 0 Å². The minimum absolute atomic E-state index is 0.0344.